The minimum atomic E-state index is -3.68. The summed E-state index contributed by atoms with van der Waals surface area (Å²) in [5, 5.41) is 3.45. The predicted molar refractivity (Wildman–Crippen MR) is 113 cm³/mol. The van der Waals surface area contributed by atoms with Crippen LogP contribution in [0.25, 0.3) is 11.5 Å². The van der Waals surface area contributed by atoms with Gasteiger partial charge in [0.15, 0.2) is 9.84 Å². The van der Waals surface area contributed by atoms with Gasteiger partial charge in [0, 0.05) is 16.6 Å². The number of hydrogen-bond acceptors (Lipinski definition) is 5. The lowest BCUT2D eigenvalue weighted by Gasteiger charge is -2.34. The molecular formula is C21H27ClN2O4S. The van der Waals surface area contributed by atoms with Crippen molar-refractivity contribution in [2.24, 2.45) is 11.8 Å². The van der Waals surface area contributed by atoms with Gasteiger partial charge in [-0.2, -0.15) is 0 Å². The Balaban J connectivity index is 1.65. The van der Waals surface area contributed by atoms with E-state index in [-0.39, 0.29) is 11.8 Å². The van der Waals surface area contributed by atoms with Gasteiger partial charge in [0.05, 0.1) is 11.4 Å². The molecular weight excluding hydrogens is 412 g/mol. The summed E-state index contributed by atoms with van der Waals surface area (Å²) in [6, 6.07) is 7.02. The van der Waals surface area contributed by atoms with Crippen LogP contribution in [0.2, 0.25) is 5.02 Å². The van der Waals surface area contributed by atoms with Gasteiger partial charge >= 0.3 is 0 Å². The molecule has 1 heterocycles. The Morgan fingerprint density at radius 3 is 2.79 bits per heavy atom. The van der Waals surface area contributed by atoms with Crippen molar-refractivity contribution in [3.63, 3.8) is 0 Å². The van der Waals surface area contributed by atoms with Crippen molar-refractivity contribution in [1.29, 1.82) is 0 Å². The molecule has 158 valence electrons. The van der Waals surface area contributed by atoms with Crippen molar-refractivity contribution in [1.82, 2.24) is 10.3 Å². The molecule has 8 heteroatoms. The summed E-state index contributed by atoms with van der Waals surface area (Å²) in [7, 11) is -3.68. The number of sulfone groups is 1. The molecule has 1 N–H and O–H groups in total. The Hall–Kier alpha value is -1.86. The Kier molecular flexibility index (Phi) is 6.69. The molecule has 0 saturated heterocycles. The van der Waals surface area contributed by atoms with Crippen LogP contribution < -0.4 is 5.32 Å². The number of carbonyl (C=O) groups excluding carboxylic acids is 1. The van der Waals surface area contributed by atoms with Gasteiger partial charge in [-0.15, -0.1) is 0 Å². The SMILES string of the molecule is Cc1oc(-c2cccc(Cl)c2)nc1CS(=O)(=O)CC(=O)N[C@@H]1CCC[C@@H](C)[C@H]1C. The first kappa shape index (κ1) is 21.8. The Labute approximate surface area is 177 Å². The summed E-state index contributed by atoms with van der Waals surface area (Å²) in [6.45, 7) is 5.95. The van der Waals surface area contributed by atoms with Gasteiger partial charge < -0.3 is 9.73 Å². The fourth-order valence-corrected chi connectivity index (χ4v) is 5.26. The normalized spacial score (nSPS) is 22.4. The second kappa shape index (κ2) is 8.88. The zero-order valence-electron chi connectivity index (χ0n) is 16.9. The fraction of sp³-hybridized carbons (Fsp3) is 0.524. The van der Waals surface area contributed by atoms with Gasteiger partial charge in [0.2, 0.25) is 11.8 Å². The summed E-state index contributed by atoms with van der Waals surface area (Å²) in [5.74, 6) is 0.244. The highest BCUT2D eigenvalue weighted by atomic mass is 35.5. The number of oxazole rings is 1. The van der Waals surface area contributed by atoms with Gasteiger partial charge in [0.1, 0.15) is 11.5 Å². The van der Waals surface area contributed by atoms with Gasteiger partial charge in [-0.1, -0.05) is 44.4 Å². The van der Waals surface area contributed by atoms with Crippen LogP contribution in [-0.4, -0.2) is 31.1 Å². The highest BCUT2D eigenvalue weighted by Gasteiger charge is 2.30. The maximum Gasteiger partial charge on any atom is 0.235 e. The third kappa shape index (κ3) is 5.60. The lowest BCUT2D eigenvalue weighted by atomic mass is 9.78. The molecule has 0 aliphatic heterocycles. The number of carbonyl (C=O) groups is 1. The molecule has 0 unspecified atom stereocenters. The molecule has 2 aromatic rings. The van der Waals surface area contributed by atoms with Crippen LogP contribution in [0.1, 0.15) is 44.6 Å². The zero-order valence-corrected chi connectivity index (χ0v) is 18.5. The Bertz CT molecular complexity index is 986. The topological polar surface area (TPSA) is 89.3 Å². The molecule has 0 bridgehead atoms. The van der Waals surface area contributed by atoms with E-state index in [1.807, 2.05) is 0 Å². The standard InChI is InChI=1S/C21H27ClN2O4S/c1-13-6-4-9-18(14(13)2)23-20(25)12-29(26,27)11-19-15(3)28-21(24-19)16-7-5-8-17(22)10-16/h5,7-8,10,13-14,18H,4,6,9,11-12H2,1-3H3,(H,23,25)/t13-,14-,18-/m1/s1. The van der Waals surface area contributed by atoms with Crippen LogP contribution in [0, 0.1) is 18.8 Å². The second-order valence-electron chi connectivity index (χ2n) is 8.01. The molecule has 1 aliphatic carbocycles. The maximum absolute atomic E-state index is 12.6. The summed E-state index contributed by atoms with van der Waals surface area (Å²) in [5.41, 5.74) is 0.981. The molecule has 6 nitrogen and oxygen atoms in total. The fourth-order valence-electron chi connectivity index (χ4n) is 3.80. The van der Waals surface area contributed by atoms with Crippen molar-refractivity contribution in [3.8, 4) is 11.5 Å². The molecule has 1 aromatic heterocycles. The van der Waals surface area contributed by atoms with Gasteiger partial charge in [0.25, 0.3) is 0 Å². The zero-order chi connectivity index (χ0) is 21.2. The van der Waals surface area contributed by atoms with Crippen LogP contribution >= 0.6 is 11.6 Å². The van der Waals surface area contributed by atoms with Crippen molar-refractivity contribution in [2.75, 3.05) is 5.75 Å². The van der Waals surface area contributed by atoms with E-state index < -0.39 is 21.5 Å². The van der Waals surface area contributed by atoms with Gasteiger partial charge in [-0.3, -0.25) is 4.79 Å². The third-order valence-electron chi connectivity index (χ3n) is 5.73. The van der Waals surface area contributed by atoms with Crippen LogP contribution in [0.4, 0.5) is 0 Å². The maximum atomic E-state index is 12.6. The first-order valence-electron chi connectivity index (χ1n) is 9.86. The van der Waals surface area contributed by atoms with Crippen LogP contribution in [0.15, 0.2) is 28.7 Å². The molecule has 0 spiro atoms. The van der Waals surface area contributed by atoms with E-state index in [0.29, 0.717) is 39.8 Å². The number of aryl methyl sites for hydroxylation is 1. The van der Waals surface area contributed by atoms with Crippen LogP contribution in [-0.2, 0) is 20.4 Å². The second-order valence-corrected chi connectivity index (χ2v) is 10.5. The van der Waals surface area contributed by atoms with E-state index in [1.165, 1.54) is 0 Å². The van der Waals surface area contributed by atoms with E-state index >= 15 is 0 Å². The number of amides is 1. The Morgan fingerprint density at radius 1 is 1.31 bits per heavy atom. The minimum Gasteiger partial charge on any atom is -0.441 e. The number of nitrogens with zero attached hydrogens (tertiary/aromatic N) is 1. The number of nitrogens with one attached hydrogen (secondary N) is 1. The van der Waals surface area contributed by atoms with Crippen LogP contribution in [0.3, 0.4) is 0 Å². The number of halogens is 1. The average Bonchev–Trinajstić information content (AvgIpc) is 2.98. The number of benzene rings is 1. The monoisotopic (exact) mass is 438 g/mol. The minimum absolute atomic E-state index is 0.0321. The number of rotatable bonds is 6. The smallest absolute Gasteiger partial charge is 0.235 e. The third-order valence-corrected chi connectivity index (χ3v) is 7.38. The molecule has 1 aliphatic rings. The van der Waals surface area contributed by atoms with Gasteiger partial charge in [-0.25, -0.2) is 13.4 Å². The average molecular weight is 439 g/mol. The molecule has 1 aromatic carbocycles. The summed E-state index contributed by atoms with van der Waals surface area (Å²) >= 11 is 5.99. The van der Waals surface area contributed by atoms with Gasteiger partial charge in [-0.05, 0) is 43.4 Å². The lowest BCUT2D eigenvalue weighted by Crippen LogP contribution is -2.45. The van der Waals surface area contributed by atoms with E-state index in [0.717, 1.165) is 19.3 Å². The van der Waals surface area contributed by atoms with Crippen molar-refractivity contribution >= 4 is 27.3 Å². The summed E-state index contributed by atoms with van der Waals surface area (Å²) in [4.78, 5) is 16.7. The van der Waals surface area contributed by atoms with Crippen molar-refractivity contribution in [2.45, 2.75) is 51.8 Å². The number of hydrogen-bond donors (Lipinski definition) is 1. The molecule has 1 amide bonds. The Morgan fingerprint density at radius 2 is 2.07 bits per heavy atom. The lowest BCUT2D eigenvalue weighted by molar-refractivity contribution is -0.120. The first-order valence-corrected chi connectivity index (χ1v) is 12.1. The molecule has 0 radical (unpaired) electrons. The quantitative estimate of drug-likeness (QED) is 0.731. The van der Waals surface area contributed by atoms with Crippen molar-refractivity contribution < 1.29 is 17.6 Å². The molecule has 3 atom stereocenters. The first-order chi connectivity index (χ1) is 13.6. The highest BCUT2D eigenvalue weighted by molar-refractivity contribution is 7.91. The van der Waals surface area contributed by atoms with E-state index in [2.05, 4.69) is 24.1 Å². The molecule has 29 heavy (non-hydrogen) atoms. The van der Waals surface area contributed by atoms with E-state index in [4.69, 9.17) is 16.0 Å². The molecule has 1 saturated carbocycles. The van der Waals surface area contributed by atoms with Crippen LogP contribution in [0.5, 0.6) is 0 Å². The van der Waals surface area contributed by atoms with E-state index in [1.54, 1.807) is 31.2 Å². The molecule has 3 rings (SSSR count). The predicted octanol–water partition coefficient (Wildman–Crippen LogP) is 4.16. The summed E-state index contributed by atoms with van der Waals surface area (Å²) < 4.78 is 30.8. The highest BCUT2D eigenvalue weighted by Crippen LogP contribution is 2.29. The largest absolute Gasteiger partial charge is 0.441 e. The molecule has 1 fully saturated rings. The van der Waals surface area contributed by atoms with E-state index in [9.17, 15) is 13.2 Å². The summed E-state index contributed by atoms with van der Waals surface area (Å²) in [6.07, 6.45) is 3.09. The number of aromatic nitrogens is 1. The van der Waals surface area contributed by atoms with Crippen molar-refractivity contribution in [3.05, 3.63) is 40.7 Å².